The lowest BCUT2D eigenvalue weighted by Crippen LogP contribution is -2.33. The highest BCUT2D eigenvalue weighted by Crippen LogP contribution is 2.36. The van der Waals surface area contributed by atoms with Gasteiger partial charge in [0.2, 0.25) is 0 Å². The van der Waals surface area contributed by atoms with Crippen molar-refractivity contribution in [2.75, 3.05) is 0 Å². The van der Waals surface area contributed by atoms with Crippen molar-refractivity contribution in [1.29, 1.82) is 0 Å². The zero-order valence-corrected chi connectivity index (χ0v) is 6.58. The van der Waals surface area contributed by atoms with E-state index in [1.54, 1.807) is 0 Å². The SMILES string of the molecule is FC(F)(F)C(F)(F)/C=C\I. The zero-order chi connectivity index (χ0) is 8.41. The van der Waals surface area contributed by atoms with Gasteiger partial charge in [-0.05, 0) is 10.2 Å². The average Bonchev–Trinajstić information content (AvgIpc) is 1.61. The van der Waals surface area contributed by atoms with E-state index in [9.17, 15) is 22.0 Å². The number of rotatable bonds is 1. The summed E-state index contributed by atoms with van der Waals surface area (Å²) in [4.78, 5) is 0. The van der Waals surface area contributed by atoms with E-state index in [1.807, 2.05) is 0 Å². The molecule has 0 bridgehead atoms. The maximum absolute atomic E-state index is 11.7. The van der Waals surface area contributed by atoms with E-state index in [4.69, 9.17) is 0 Å². The molecule has 0 aliphatic rings. The summed E-state index contributed by atoms with van der Waals surface area (Å²) in [6.45, 7) is 0. The molecule has 0 saturated carbocycles. The molecule has 0 aliphatic carbocycles. The molecule has 6 heteroatoms. The lowest BCUT2D eigenvalue weighted by atomic mass is 10.3. The molecule has 0 fully saturated rings. The van der Waals surface area contributed by atoms with Crippen molar-refractivity contribution in [3.05, 3.63) is 10.2 Å². The van der Waals surface area contributed by atoms with Crippen molar-refractivity contribution in [2.45, 2.75) is 12.1 Å². The van der Waals surface area contributed by atoms with Gasteiger partial charge in [0, 0.05) is 0 Å². The fraction of sp³-hybridized carbons (Fsp3) is 0.500. The molecule has 0 radical (unpaired) electrons. The second-order valence-electron chi connectivity index (χ2n) is 1.41. The Morgan fingerprint density at radius 1 is 1.00 bits per heavy atom. The molecule has 0 rings (SSSR count). The van der Waals surface area contributed by atoms with Crippen LogP contribution in [0.4, 0.5) is 22.0 Å². The number of hydrogen-bond donors (Lipinski definition) is 0. The number of alkyl halides is 5. The Morgan fingerprint density at radius 2 is 1.40 bits per heavy atom. The van der Waals surface area contributed by atoms with Gasteiger partial charge in [0.05, 0.1) is 0 Å². The topological polar surface area (TPSA) is 0 Å². The fourth-order valence-corrected chi connectivity index (χ4v) is 0.625. The molecule has 0 aromatic heterocycles. The summed E-state index contributed by atoms with van der Waals surface area (Å²) in [5, 5.41) is 0. The molecule has 0 N–H and O–H groups in total. The van der Waals surface area contributed by atoms with Crippen LogP contribution in [0.3, 0.4) is 0 Å². The van der Waals surface area contributed by atoms with Crippen LogP contribution in [0.15, 0.2) is 10.2 Å². The van der Waals surface area contributed by atoms with Gasteiger partial charge in [-0.25, -0.2) is 0 Å². The molecule has 0 heterocycles. The fourth-order valence-electron chi connectivity index (χ4n) is 0.174. The van der Waals surface area contributed by atoms with Crippen molar-refractivity contribution in [3.63, 3.8) is 0 Å². The second-order valence-corrected chi connectivity index (χ2v) is 2.13. The van der Waals surface area contributed by atoms with E-state index in [-0.39, 0.29) is 6.08 Å². The van der Waals surface area contributed by atoms with Crippen LogP contribution < -0.4 is 0 Å². The second kappa shape index (κ2) is 3.02. The van der Waals surface area contributed by atoms with Gasteiger partial charge >= 0.3 is 12.1 Å². The zero-order valence-electron chi connectivity index (χ0n) is 4.42. The molecular weight excluding hydrogens is 270 g/mol. The predicted octanol–water partition coefficient (Wildman–Crippen LogP) is 3.13. The minimum Gasteiger partial charge on any atom is -0.191 e. The van der Waals surface area contributed by atoms with E-state index in [0.717, 1.165) is 0 Å². The molecule has 0 unspecified atom stereocenters. The Hall–Kier alpha value is 0.120. The molecule has 60 valence electrons. The van der Waals surface area contributed by atoms with Gasteiger partial charge in [0.15, 0.2) is 0 Å². The Morgan fingerprint density at radius 3 is 1.50 bits per heavy atom. The molecule has 0 saturated heterocycles. The third kappa shape index (κ3) is 2.39. The van der Waals surface area contributed by atoms with Gasteiger partial charge < -0.3 is 0 Å². The normalized spacial score (nSPS) is 14.6. The highest BCUT2D eigenvalue weighted by atomic mass is 127. The maximum atomic E-state index is 11.7. The number of hydrogen-bond acceptors (Lipinski definition) is 0. The summed E-state index contributed by atoms with van der Waals surface area (Å²) in [6, 6.07) is 0. The summed E-state index contributed by atoms with van der Waals surface area (Å²) in [5.41, 5.74) is 0. The van der Waals surface area contributed by atoms with Crippen LogP contribution in [0.5, 0.6) is 0 Å². The van der Waals surface area contributed by atoms with Crippen molar-refractivity contribution in [3.8, 4) is 0 Å². The van der Waals surface area contributed by atoms with Gasteiger partial charge in [-0.15, -0.1) is 0 Å². The molecule has 0 amide bonds. The van der Waals surface area contributed by atoms with Gasteiger partial charge in [-0.2, -0.15) is 22.0 Å². The Labute approximate surface area is 67.2 Å². The smallest absolute Gasteiger partial charge is 0.191 e. The first-order valence-electron chi connectivity index (χ1n) is 2.04. The van der Waals surface area contributed by atoms with Crippen molar-refractivity contribution in [1.82, 2.24) is 0 Å². The van der Waals surface area contributed by atoms with Gasteiger partial charge in [-0.1, -0.05) is 22.6 Å². The third-order valence-corrected chi connectivity index (χ3v) is 1.01. The highest BCUT2D eigenvalue weighted by Gasteiger charge is 2.55. The Balaban J connectivity index is 4.40. The first-order valence-corrected chi connectivity index (χ1v) is 3.28. The average molecular weight is 272 g/mol. The van der Waals surface area contributed by atoms with Gasteiger partial charge in [-0.3, -0.25) is 0 Å². The molecule has 0 aromatic rings. The van der Waals surface area contributed by atoms with Crippen LogP contribution >= 0.6 is 22.6 Å². The van der Waals surface area contributed by atoms with Crippen LogP contribution in [-0.4, -0.2) is 12.1 Å². The molecule has 0 atom stereocenters. The molecule has 0 aliphatic heterocycles. The molecule has 0 nitrogen and oxygen atoms in total. The first-order chi connectivity index (χ1) is 4.31. The standard InChI is InChI=1S/C4H2F5I/c5-3(6,1-2-10)4(7,8)9/h1-2H/b2-1-. The third-order valence-electron chi connectivity index (χ3n) is 0.650. The van der Waals surface area contributed by atoms with E-state index in [0.29, 0.717) is 4.08 Å². The molecular formula is C4H2F5I. The lowest BCUT2D eigenvalue weighted by Gasteiger charge is -2.14. The highest BCUT2D eigenvalue weighted by molar-refractivity contribution is 14.1. The van der Waals surface area contributed by atoms with Crippen molar-refractivity contribution >= 4 is 22.6 Å². The van der Waals surface area contributed by atoms with Crippen molar-refractivity contribution in [2.24, 2.45) is 0 Å². The summed E-state index contributed by atoms with van der Waals surface area (Å²) < 4.78 is 57.7. The van der Waals surface area contributed by atoms with Crippen LogP contribution in [0.25, 0.3) is 0 Å². The van der Waals surface area contributed by atoms with E-state index >= 15 is 0 Å². The number of halogens is 6. The summed E-state index contributed by atoms with van der Waals surface area (Å²) >= 11 is 1.29. The van der Waals surface area contributed by atoms with E-state index in [2.05, 4.69) is 0 Å². The molecule has 0 spiro atoms. The first kappa shape index (κ1) is 10.1. The summed E-state index contributed by atoms with van der Waals surface area (Å²) in [5.74, 6) is -4.70. The predicted molar refractivity (Wildman–Crippen MR) is 34.2 cm³/mol. The monoisotopic (exact) mass is 272 g/mol. The van der Waals surface area contributed by atoms with Gasteiger partial charge in [0.25, 0.3) is 0 Å². The molecule has 10 heavy (non-hydrogen) atoms. The largest absolute Gasteiger partial charge is 0.457 e. The lowest BCUT2D eigenvalue weighted by molar-refractivity contribution is -0.259. The minimum atomic E-state index is -5.48. The summed E-state index contributed by atoms with van der Waals surface area (Å²) in [6.07, 6.45) is -5.68. The maximum Gasteiger partial charge on any atom is 0.457 e. The van der Waals surface area contributed by atoms with E-state index < -0.39 is 12.1 Å². The number of allylic oxidation sites excluding steroid dienone is 1. The minimum absolute atomic E-state index is 0.201. The van der Waals surface area contributed by atoms with Crippen LogP contribution in [0, 0.1) is 0 Å². The Bertz CT molecular complexity index is 135. The van der Waals surface area contributed by atoms with E-state index in [1.165, 1.54) is 22.6 Å². The van der Waals surface area contributed by atoms with Gasteiger partial charge in [0.1, 0.15) is 0 Å². The van der Waals surface area contributed by atoms with Crippen LogP contribution in [-0.2, 0) is 0 Å². The Kier molecular flexibility index (Phi) is 3.05. The molecule has 0 aromatic carbocycles. The quantitative estimate of drug-likeness (QED) is 0.508. The van der Waals surface area contributed by atoms with Crippen LogP contribution in [0.1, 0.15) is 0 Å². The van der Waals surface area contributed by atoms with Crippen LogP contribution in [0.2, 0.25) is 0 Å². The van der Waals surface area contributed by atoms with Crippen molar-refractivity contribution < 1.29 is 22.0 Å². The summed E-state index contributed by atoms with van der Waals surface area (Å²) in [7, 11) is 0.